The van der Waals surface area contributed by atoms with Crippen LogP contribution in [-0.4, -0.2) is 35.6 Å². The van der Waals surface area contributed by atoms with Crippen molar-refractivity contribution in [2.24, 2.45) is 0 Å². The van der Waals surface area contributed by atoms with Crippen molar-refractivity contribution in [1.82, 2.24) is 15.1 Å². The van der Waals surface area contributed by atoms with Gasteiger partial charge in [0.05, 0.1) is 18.8 Å². The highest BCUT2D eigenvalue weighted by atomic mass is 16.5. The van der Waals surface area contributed by atoms with Crippen LogP contribution in [0.5, 0.6) is 0 Å². The maximum Gasteiger partial charge on any atom is 0.266 e. The highest BCUT2D eigenvalue weighted by molar-refractivity contribution is 5.57. The van der Waals surface area contributed by atoms with Crippen LogP contribution in [0, 0.1) is 0 Å². The molecule has 2 heterocycles. The second-order valence-corrected chi connectivity index (χ2v) is 5.16. The molecule has 0 radical (unpaired) electrons. The molecule has 1 N–H and O–H groups in total. The van der Waals surface area contributed by atoms with E-state index in [-0.39, 0.29) is 5.56 Å². The first kappa shape index (κ1) is 14.0. The van der Waals surface area contributed by atoms with Gasteiger partial charge in [-0.3, -0.25) is 4.79 Å². The first-order chi connectivity index (χ1) is 10.3. The number of nitrogens with zero attached hydrogens (tertiary/aromatic N) is 2. The predicted octanol–water partition coefficient (Wildman–Crippen LogP) is 1.29. The van der Waals surface area contributed by atoms with Crippen molar-refractivity contribution in [2.75, 3.05) is 19.8 Å². The van der Waals surface area contributed by atoms with Gasteiger partial charge < -0.3 is 10.1 Å². The summed E-state index contributed by atoms with van der Waals surface area (Å²) in [5.41, 5.74) is 1.77. The first-order valence-electron chi connectivity index (χ1n) is 7.28. The Kier molecular flexibility index (Phi) is 4.43. The molecular weight excluding hydrogens is 266 g/mol. The van der Waals surface area contributed by atoms with Gasteiger partial charge in [-0.25, -0.2) is 4.68 Å². The Hall–Kier alpha value is -1.98. The molecule has 2 aromatic rings. The molecular formula is C16H19N3O2. The standard InChI is InChI=1S/C16H19N3O2/c20-16-7-6-15(13-4-2-1-3-5-13)18-19(16)10-9-17-14-8-11-21-12-14/h1-7,14,17H,8-12H2/t14-/m0/s1. The molecule has 110 valence electrons. The van der Waals surface area contributed by atoms with Crippen molar-refractivity contribution < 1.29 is 4.74 Å². The number of hydrogen-bond acceptors (Lipinski definition) is 4. The molecule has 1 aliphatic heterocycles. The maximum absolute atomic E-state index is 11.9. The van der Waals surface area contributed by atoms with E-state index in [4.69, 9.17) is 4.74 Å². The molecule has 0 amide bonds. The molecule has 0 saturated carbocycles. The summed E-state index contributed by atoms with van der Waals surface area (Å²) in [6, 6.07) is 13.6. The fourth-order valence-corrected chi connectivity index (χ4v) is 2.44. The number of ether oxygens (including phenoxy) is 1. The van der Waals surface area contributed by atoms with E-state index in [9.17, 15) is 4.79 Å². The average Bonchev–Trinajstić information content (AvgIpc) is 3.03. The third kappa shape index (κ3) is 3.56. The molecule has 1 atom stereocenters. The topological polar surface area (TPSA) is 56.2 Å². The van der Waals surface area contributed by atoms with E-state index in [0.29, 0.717) is 12.6 Å². The van der Waals surface area contributed by atoms with Gasteiger partial charge in [0, 0.05) is 30.8 Å². The molecule has 21 heavy (non-hydrogen) atoms. The summed E-state index contributed by atoms with van der Waals surface area (Å²) in [5, 5.41) is 7.83. The quantitative estimate of drug-likeness (QED) is 0.899. The van der Waals surface area contributed by atoms with Crippen molar-refractivity contribution in [2.45, 2.75) is 19.0 Å². The van der Waals surface area contributed by atoms with Crippen LogP contribution in [0.15, 0.2) is 47.3 Å². The Bertz CT molecular complexity index is 633. The van der Waals surface area contributed by atoms with E-state index in [1.54, 1.807) is 12.1 Å². The van der Waals surface area contributed by atoms with Crippen LogP contribution < -0.4 is 10.9 Å². The van der Waals surface area contributed by atoms with E-state index in [1.165, 1.54) is 4.68 Å². The highest BCUT2D eigenvalue weighted by Crippen LogP contribution is 2.13. The molecule has 0 spiro atoms. The number of aromatic nitrogens is 2. The van der Waals surface area contributed by atoms with E-state index >= 15 is 0 Å². The van der Waals surface area contributed by atoms with Crippen LogP contribution in [0.4, 0.5) is 0 Å². The Morgan fingerprint density at radius 2 is 2.10 bits per heavy atom. The normalized spacial score (nSPS) is 18.0. The summed E-state index contributed by atoms with van der Waals surface area (Å²) >= 11 is 0. The lowest BCUT2D eigenvalue weighted by atomic mass is 10.1. The third-order valence-electron chi connectivity index (χ3n) is 3.62. The van der Waals surface area contributed by atoms with Crippen molar-refractivity contribution in [3.63, 3.8) is 0 Å². The van der Waals surface area contributed by atoms with Crippen LogP contribution in [-0.2, 0) is 11.3 Å². The van der Waals surface area contributed by atoms with Crippen LogP contribution in [0.3, 0.4) is 0 Å². The van der Waals surface area contributed by atoms with Crippen molar-refractivity contribution in [1.29, 1.82) is 0 Å². The molecule has 0 aliphatic carbocycles. The summed E-state index contributed by atoms with van der Waals surface area (Å²) in [5.74, 6) is 0. The summed E-state index contributed by atoms with van der Waals surface area (Å²) in [6.07, 6.45) is 1.03. The monoisotopic (exact) mass is 285 g/mol. The predicted molar refractivity (Wildman–Crippen MR) is 81.2 cm³/mol. The van der Waals surface area contributed by atoms with Gasteiger partial charge in [-0.2, -0.15) is 5.10 Å². The number of benzene rings is 1. The molecule has 1 fully saturated rings. The van der Waals surface area contributed by atoms with Crippen molar-refractivity contribution in [3.8, 4) is 11.3 Å². The van der Waals surface area contributed by atoms with Crippen LogP contribution in [0.25, 0.3) is 11.3 Å². The van der Waals surface area contributed by atoms with Crippen molar-refractivity contribution >= 4 is 0 Å². The second kappa shape index (κ2) is 6.65. The van der Waals surface area contributed by atoms with Crippen LogP contribution >= 0.6 is 0 Å². The molecule has 1 aliphatic rings. The van der Waals surface area contributed by atoms with E-state index in [2.05, 4.69) is 10.4 Å². The number of rotatable bonds is 5. The van der Waals surface area contributed by atoms with E-state index < -0.39 is 0 Å². The fraction of sp³-hybridized carbons (Fsp3) is 0.375. The lowest BCUT2D eigenvalue weighted by Gasteiger charge is -2.11. The molecule has 0 unspecified atom stereocenters. The fourth-order valence-electron chi connectivity index (χ4n) is 2.44. The largest absolute Gasteiger partial charge is 0.380 e. The average molecular weight is 285 g/mol. The molecule has 0 bridgehead atoms. The third-order valence-corrected chi connectivity index (χ3v) is 3.62. The van der Waals surface area contributed by atoms with Gasteiger partial charge in [-0.1, -0.05) is 30.3 Å². The molecule has 1 aromatic heterocycles. The van der Waals surface area contributed by atoms with Gasteiger partial charge in [0.2, 0.25) is 0 Å². The van der Waals surface area contributed by atoms with Crippen LogP contribution in [0.1, 0.15) is 6.42 Å². The Balaban J connectivity index is 1.68. The molecule has 5 heteroatoms. The lowest BCUT2D eigenvalue weighted by molar-refractivity contribution is 0.189. The minimum Gasteiger partial charge on any atom is -0.380 e. The summed E-state index contributed by atoms with van der Waals surface area (Å²) in [6.45, 7) is 2.86. The van der Waals surface area contributed by atoms with E-state index in [1.807, 2.05) is 30.3 Å². The smallest absolute Gasteiger partial charge is 0.266 e. The Labute approximate surface area is 123 Å². The van der Waals surface area contributed by atoms with E-state index in [0.717, 1.165) is 37.4 Å². The van der Waals surface area contributed by atoms with Gasteiger partial charge in [-0.05, 0) is 12.5 Å². The molecule has 5 nitrogen and oxygen atoms in total. The summed E-state index contributed by atoms with van der Waals surface area (Å²) in [4.78, 5) is 11.9. The zero-order valence-electron chi connectivity index (χ0n) is 11.9. The number of nitrogens with one attached hydrogen (secondary N) is 1. The molecule has 1 saturated heterocycles. The minimum atomic E-state index is -0.0702. The Morgan fingerprint density at radius 3 is 2.86 bits per heavy atom. The minimum absolute atomic E-state index is 0.0702. The summed E-state index contributed by atoms with van der Waals surface area (Å²) in [7, 11) is 0. The SMILES string of the molecule is O=c1ccc(-c2ccccc2)nn1CCN[C@H]1CCOC1. The van der Waals surface area contributed by atoms with Crippen LogP contribution in [0.2, 0.25) is 0 Å². The van der Waals surface area contributed by atoms with Gasteiger partial charge in [0.1, 0.15) is 0 Å². The summed E-state index contributed by atoms with van der Waals surface area (Å²) < 4.78 is 6.83. The van der Waals surface area contributed by atoms with Gasteiger partial charge in [0.25, 0.3) is 5.56 Å². The molecule has 3 rings (SSSR count). The molecule has 1 aromatic carbocycles. The zero-order valence-corrected chi connectivity index (χ0v) is 11.9. The number of hydrogen-bond donors (Lipinski definition) is 1. The van der Waals surface area contributed by atoms with Crippen molar-refractivity contribution in [3.05, 3.63) is 52.8 Å². The maximum atomic E-state index is 11.9. The highest BCUT2D eigenvalue weighted by Gasteiger charge is 2.14. The lowest BCUT2D eigenvalue weighted by Crippen LogP contribution is -2.34. The first-order valence-corrected chi connectivity index (χ1v) is 7.28. The van der Waals surface area contributed by atoms with Gasteiger partial charge in [-0.15, -0.1) is 0 Å². The van der Waals surface area contributed by atoms with Gasteiger partial charge >= 0.3 is 0 Å². The second-order valence-electron chi connectivity index (χ2n) is 5.16. The Morgan fingerprint density at radius 1 is 1.24 bits per heavy atom. The zero-order chi connectivity index (χ0) is 14.5. The van der Waals surface area contributed by atoms with Gasteiger partial charge in [0.15, 0.2) is 0 Å².